The van der Waals surface area contributed by atoms with Crippen LogP contribution in [0.25, 0.3) is 0 Å². The first-order chi connectivity index (χ1) is 7.20. The van der Waals surface area contributed by atoms with Crippen LogP contribution in [-0.4, -0.2) is 49.7 Å². The number of hydrogen-bond acceptors (Lipinski definition) is 4. The molecule has 0 bridgehead atoms. The molecule has 0 aliphatic carbocycles. The number of ether oxygens (including phenoxy) is 2. The van der Waals surface area contributed by atoms with Gasteiger partial charge in [0.15, 0.2) is 6.04 Å². The van der Waals surface area contributed by atoms with Crippen LogP contribution in [0.5, 0.6) is 0 Å². The number of methoxy groups -OCH3 is 1. The van der Waals surface area contributed by atoms with Gasteiger partial charge in [0.1, 0.15) is 0 Å². The smallest absolute Gasteiger partial charge is 0.331 e. The van der Waals surface area contributed by atoms with E-state index in [1.807, 2.05) is 6.92 Å². The summed E-state index contributed by atoms with van der Waals surface area (Å²) in [7, 11) is 1.32. The number of carbonyl (C=O) groups excluding carboxylic acids is 2. The van der Waals surface area contributed by atoms with E-state index in [9.17, 15) is 9.59 Å². The molecule has 0 N–H and O–H groups in total. The molecule has 1 aliphatic rings. The quantitative estimate of drug-likeness (QED) is 0.630. The van der Waals surface area contributed by atoms with E-state index < -0.39 is 12.0 Å². The lowest BCUT2D eigenvalue weighted by Gasteiger charge is -2.33. The van der Waals surface area contributed by atoms with Gasteiger partial charge in [-0.1, -0.05) is 6.92 Å². The number of morpholine rings is 1. The molecule has 15 heavy (non-hydrogen) atoms. The molecule has 5 heteroatoms. The van der Waals surface area contributed by atoms with Gasteiger partial charge in [0.2, 0.25) is 5.91 Å². The summed E-state index contributed by atoms with van der Waals surface area (Å²) in [5.41, 5.74) is 0. The molecule has 1 fully saturated rings. The van der Waals surface area contributed by atoms with Crippen LogP contribution in [0, 0.1) is 0 Å². The fourth-order valence-electron chi connectivity index (χ4n) is 1.59. The molecule has 0 aromatic carbocycles. The van der Waals surface area contributed by atoms with Crippen LogP contribution in [0.3, 0.4) is 0 Å². The van der Waals surface area contributed by atoms with Crippen LogP contribution < -0.4 is 0 Å². The maximum absolute atomic E-state index is 11.7. The Morgan fingerprint density at radius 2 is 2.27 bits per heavy atom. The van der Waals surface area contributed by atoms with Crippen molar-refractivity contribution in [2.45, 2.75) is 25.8 Å². The van der Waals surface area contributed by atoms with Crippen molar-refractivity contribution in [3.05, 3.63) is 0 Å². The highest BCUT2D eigenvalue weighted by Gasteiger charge is 2.32. The van der Waals surface area contributed by atoms with E-state index in [1.54, 1.807) is 4.90 Å². The monoisotopic (exact) mass is 215 g/mol. The minimum absolute atomic E-state index is 0.00352. The zero-order valence-electron chi connectivity index (χ0n) is 9.19. The van der Waals surface area contributed by atoms with Crippen molar-refractivity contribution in [2.75, 3.05) is 26.9 Å². The first-order valence-corrected chi connectivity index (χ1v) is 5.15. The maximum Gasteiger partial charge on any atom is 0.331 e. The SMILES string of the molecule is CCCC(=O)N1CCOCC1C(=O)OC. The zero-order valence-corrected chi connectivity index (χ0v) is 9.19. The number of hydrogen-bond donors (Lipinski definition) is 0. The Bertz CT molecular complexity index is 242. The fourth-order valence-corrected chi connectivity index (χ4v) is 1.59. The van der Waals surface area contributed by atoms with Crippen molar-refractivity contribution in [3.8, 4) is 0 Å². The van der Waals surface area contributed by atoms with Gasteiger partial charge in [0, 0.05) is 13.0 Å². The van der Waals surface area contributed by atoms with Crippen LogP contribution in [0.15, 0.2) is 0 Å². The topological polar surface area (TPSA) is 55.8 Å². The summed E-state index contributed by atoms with van der Waals surface area (Å²) in [5, 5.41) is 0. The van der Waals surface area contributed by atoms with Crippen molar-refractivity contribution in [1.82, 2.24) is 4.90 Å². The second kappa shape index (κ2) is 5.70. The van der Waals surface area contributed by atoms with E-state index in [-0.39, 0.29) is 12.5 Å². The Labute approximate surface area is 89.3 Å². The standard InChI is InChI=1S/C10H17NO4/c1-3-4-9(12)11-5-6-15-7-8(11)10(13)14-2/h8H,3-7H2,1-2H3. The normalized spacial score (nSPS) is 21.2. The highest BCUT2D eigenvalue weighted by atomic mass is 16.5. The first kappa shape index (κ1) is 12.0. The number of carbonyl (C=O) groups is 2. The Morgan fingerprint density at radius 1 is 1.53 bits per heavy atom. The summed E-state index contributed by atoms with van der Waals surface area (Å²) < 4.78 is 9.80. The van der Waals surface area contributed by atoms with Crippen molar-refractivity contribution in [2.24, 2.45) is 0 Å². The second-order valence-electron chi connectivity index (χ2n) is 3.45. The molecule has 1 amide bonds. The van der Waals surface area contributed by atoms with E-state index in [0.29, 0.717) is 19.6 Å². The lowest BCUT2D eigenvalue weighted by Crippen LogP contribution is -2.52. The summed E-state index contributed by atoms with van der Waals surface area (Å²) in [6, 6.07) is -0.567. The molecule has 0 aromatic rings. The van der Waals surface area contributed by atoms with Crippen molar-refractivity contribution in [3.63, 3.8) is 0 Å². The minimum Gasteiger partial charge on any atom is -0.467 e. The molecule has 0 aromatic heterocycles. The van der Waals surface area contributed by atoms with Crippen LogP contribution >= 0.6 is 0 Å². The predicted molar refractivity (Wildman–Crippen MR) is 53.2 cm³/mol. The van der Waals surface area contributed by atoms with E-state index in [2.05, 4.69) is 4.74 Å². The molecule has 0 radical (unpaired) electrons. The zero-order chi connectivity index (χ0) is 11.3. The average Bonchev–Trinajstić information content (AvgIpc) is 2.28. The third kappa shape index (κ3) is 2.92. The molecular formula is C10H17NO4. The molecule has 1 aliphatic heterocycles. The molecule has 0 saturated carbocycles. The van der Waals surface area contributed by atoms with Gasteiger partial charge < -0.3 is 14.4 Å². The van der Waals surface area contributed by atoms with Crippen LogP contribution in [0.4, 0.5) is 0 Å². The lowest BCUT2D eigenvalue weighted by molar-refractivity contribution is -0.160. The molecule has 1 saturated heterocycles. The molecule has 86 valence electrons. The largest absolute Gasteiger partial charge is 0.467 e. The van der Waals surface area contributed by atoms with Crippen LogP contribution in [0.1, 0.15) is 19.8 Å². The fraction of sp³-hybridized carbons (Fsp3) is 0.800. The lowest BCUT2D eigenvalue weighted by atomic mass is 10.2. The summed E-state index contributed by atoms with van der Waals surface area (Å²) in [6.07, 6.45) is 1.25. The second-order valence-corrected chi connectivity index (χ2v) is 3.45. The summed E-state index contributed by atoms with van der Waals surface area (Å²) in [5.74, 6) is -0.407. The molecule has 0 spiro atoms. The van der Waals surface area contributed by atoms with Gasteiger partial charge in [-0.25, -0.2) is 4.79 Å². The molecular weight excluding hydrogens is 198 g/mol. The van der Waals surface area contributed by atoms with Gasteiger partial charge in [-0.15, -0.1) is 0 Å². The summed E-state index contributed by atoms with van der Waals surface area (Å²) in [6.45, 7) is 3.13. The van der Waals surface area contributed by atoms with Gasteiger partial charge in [-0.05, 0) is 6.42 Å². The molecule has 1 heterocycles. The van der Waals surface area contributed by atoms with Crippen molar-refractivity contribution in [1.29, 1.82) is 0 Å². The number of amides is 1. The predicted octanol–water partition coefficient (Wildman–Crippen LogP) is 0.187. The van der Waals surface area contributed by atoms with Crippen molar-refractivity contribution >= 4 is 11.9 Å². The summed E-state index contributed by atoms with van der Waals surface area (Å²) >= 11 is 0. The van der Waals surface area contributed by atoms with Crippen molar-refractivity contribution < 1.29 is 19.1 Å². The molecule has 1 unspecified atom stereocenters. The van der Waals surface area contributed by atoms with E-state index >= 15 is 0 Å². The third-order valence-corrected chi connectivity index (χ3v) is 2.39. The molecule has 1 rings (SSSR count). The highest BCUT2D eigenvalue weighted by Crippen LogP contribution is 2.11. The Hall–Kier alpha value is -1.10. The molecule has 1 atom stereocenters. The van der Waals surface area contributed by atoms with Gasteiger partial charge in [-0.3, -0.25) is 4.79 Å². The van der Waals surface area contributed by atoms with Gasteiger partial charge in [0.05, 0.1) is 20.3 Å². The maximum atomic E-state index is 11.7. The first-order valence-electron chi connectivity index (χ1n) is 5.15. The third-order valence-electron chi connectivity index (χ3n) is 2.39. The van der Waals surface area contributed by atoms with Gasteiger partial charge in [-0.2, -0.15) is 0 Å². The van der Waals surface area contributed by atoms with Gasteiger partial charge >= 0.3 is 5.97 Å². The van der Waals surface area contributed by atoms with E-state index in [4.69, 9.17) is 4.74 Å². The Balaban J connectivity index is 2.65. The van der Waals surface area contributed by atoms with Crippen LogP contribution in [0.2, 0.25) is 0 Å². The molecule has 5 nitrogen and oxygen atoms in total. The number of esters is 1. The Morgan fingerprint density at radius 3 is 2.87 bits per heavy atom. The minimum atomic E-state index is -0.567. The summed E-state index contributed by atoms with van der Waals surface area (Å²) in [4.78, 5) is 24.6. The number of rotatable bonds is 3. The Kier molecular flexibility index (Phi) is 4.55. The highest BCUT2D eigenvalue weighted by molar-refractivity contribution is 5.84. The van der Waals surface area contributed by atoms with E-state index in [1.165, 1.54) is 7.11 Å². The van der Waals surface area contributed by atoms with E-state index in [0.717, 1.165) is 6.42 Å². The van der Waals surface area contributed by atoms with Crippen LogP contribution in [-0.2, 0) is 19.1 Å². The van der Waals surface area contributed by atoms with Gasteiger partial charge in [0.25, 0.3) is 0 Å². The average molecular weight is 215 g/mol. The number of nitrogens with zero attached hydrogens (tertiary/aromatic N) is 1.